The van der Waals surface area contributed by atoms with E-state index in [2.05, 4.69) is 15.0 Å². The Morgan fingerprint density at radius 2 is 2.19 bits per heavy atom. The number of nitrogens with zero attached hydrogens (tertiary/aromatic N) is 3. The van der Waals surface area contributed by atoms with Gasteiger partial charge >= 0.3 is 0 Å². The third kappa shape index (κ3) is 3.03. The first-order valence-electron chi connectivity index (χ1n) is 8.41. The summed E-state index contributed by atoms with van der Waals surface area (Å²) in [5, 5.41) is 8.24. The Morgan fingerprint density at radius 1 is 1.38 bits per heavy atom. The van der Waals surface area contributed by atoms with E-state index < -0.39 is 10.0 Å². The quantitative estimate of drug-likeness (QED) is 0.710. The van der Waals surface area contributed by atoms with Gasteiger partial charge in [0.2, 0.25) is 10.0 Å². The van der Waals surface area contributed by atoms with Gasteiger partial charge in [-0.05, 0) is 42.5 Å². The second kappa shape index (κ2) is 6.31. The topological polar surface area (TPSA) is 99.2 Å². The molecule has 1 N–H and O–H groups in total. The van der Waals surface area contributed by atoms with Crippen LogP contribution in [0.3, 0.4) is 0 Å². The highest BCUT2D eigenvalue weighted by Gasteiger charge is 2.37. The van der Waals surface area contributed by atoms with E-state index in [1.54, 1.807) is 10.9 Å². The molecular formula is C17H20N4O4S. The van der Waals surface area contributed by atoms with Crippen LogP contribution in [0.5, 0.6) is 5.75 Å². The highest BCUT2D eigenvalue weighted by Crippen LogP contribution is 2.37. The van der Waals surface area contributed by atoms with E-state index in [-0.39, 0.29) is 11.1 Å². The number of benzene rings is 1. The van der Waals surface area contributed by atoms with E-state index in [1.165, 1.54) is 7.11 Å². The lowest BCUT2D eigenvalue weighted by Crippen LogP contribution is -2.38. The Balaban J connectivity index is 1.66. The molecule has 3 aromatic rings. The summed E-state index contributed by atoms with van der Waals surface area (Å²) < 4.78 is 40.2. The molecule has 0 bridgehead atoms. The Hall–Kier alpha value is -2.55. The van der Waals surface area contributed by atoms with Gasteiger partial charge in [0.1, 0.15) is 11.1 Å². The van der Waals surface area contributed by atoms with E-state index in [0.29, 0.717) is 42.0 Å². The molecule has 9 heteroatoms. The maximum atomic E-state index is 12.5. The summed E-state index contributed by atoms with van der Waals surface area (Å²) in [5.41, 5.74) is 1.38. The van der Waals surface area contributed by atoms with E-state index >= 15 is 0 Å². The van der Waals surface area contributed by atoms with Gasteiger partial charge in [0.15, 0.2) is 11.4 Å². The Kier molecular flexibility index (Phi) is 4.10. The van der Waals surface area contributed by atoms with Crippen molar-refractivity contribution in [1.82, 2.24) is 14.9 Å². The predicted octanol–water partition coefficient (Wildman–Crippen LogP) is 2.62. The van der Waals surface area contributed by atoms with E-state index in [9.17, 15) is 8.42 Å². The molecule has 138 valence electrons. The maximum Gasteiger partial charge on any atom is 0.236 e. The minimum absolute atomic E-state index is 0.169. The average molecular weight is 376 g/mol. The summed E-state index contributed by atoms with van der Waals surface area (Å²) in [6, 6.07) is 5.50. The van der Waals surface area contributed by atoms with Crippen molar-refractivity contribution in [1.29, 1.82) is 0 Å². The molecular weight excluding hydrogens is 356 g/mol. The van der Waals surface area contributed by atoms with Gasteiger partial charge in [-0.2, -0.15) is 5.10 Å². The molecule has 0 unspecified atom stereocenters. The van der Waals surface area contributed by atoms with E-state index in [0.717, 1.165) is 5.56 Å². The fourth-order valence-electron chi connectivity index (χ4n) is 3.29. The maximum absolute atomic E-state index is 12.5. The SMILES string of the molecule is COc1cc(Cn2cccn2)cc2onc(NS(=O)(=O)C3CC(C)C3)c12. The number of anilines is 1. The first-order valence-corrected chi connectivity index (χ1v) is 9.96. The molecule has 26 heavy (non-hydrogen) atoms. The molecule has 0 spiro atoms. The van der Waals surface area contributed by atoms with Crippen molar-refractivity contribution >= 4 is 26.8 Å². The molecule has 0 atom stereocenters. The first-order chi connectivity index (χ1) is 12.5. The highest BCUT2D eigenvalue weighted by molar-refractivity contribution is 7.93. The second-order valence-electron chi connectivity index (χ2n) is 6.75. The molecule has 4 rings (SSSR count). The third-order valence-corrected chi connectivity index (χ3v) is 6.47. The number of hydrogen-bond donors (Lipinski definition) is 1. The normalized spacial score (nSPS) is 20.1. The first kappa shape index (κ1) is 16.9. The molecule has 1 aromatic carbocycles. The van der Waals surface area contributed by atoms with Gasteiger partial charge in [0, 0.05) is 12.4 Å². The van der Waals surface area contributed by atoms with Gasteiger partial charge in [-0.15, -0.1) is 0 Å². The fraction of sp³-hybridized carbons (Fsp3) is 0.412. The van der Waals surface area contributed by atoms with Crippen molar-refractivity contribution in [3.05, 3.63) is 36.2 Å². The molecule has 1 fully saturated rings. The van der Waals surface area contributed by atoms with Crippen LogP contribution in [0.2, 0.25) is 0 Å². The number of rotatable bonds is 6. The summed E-state index contributed by atoms with van der Waals surface area (Å²) in [4.78, 5) is 0. The Bertz CT molecular complexity index is 1020. The zero-order chi connectivity index (χ0) is 18.3. The van der Waals surface area contributed by atoms with Crippen molar-refractivity contribution in [2.24, 2.45) is 5.92 Å². The summed E-state index contributed by atoms with van der Waals surface area (Å²) in [6.07, 6.45) is 4.89. The van der Waals surface area contributed by atoms with Crippen molar-refractivity contribution in [3.8, 4) is 5.75 Å². The van der Waals surface area contributed by atoms with Crippen molar-refractivity contribution in [2.75, 3.05) is 11.8 Å². The van der Waals surface area contributed by atoms with Crippen molar-refractivity contribution in [3.63, 3.8) is 0 Å². The molecule has 0 amide bonds. The van der Waals surface area contributed by atoms with Gasteiger partial charge in [0.05, 0.1) is 18.9 Å². The van der Waals surface area contributed by atoms with Gasteiger partial charge in [0.25, 0.3) is 0 Å². The summed E-state index contributed by atoms with van der Waals surface area (Å²) >= 11 is 0. The summed E-state index contributed by atoms with van der Waals surface area (Å²) in [5.74, 6) is 1.11. The van der Waals surface area contributed by atoms with Gasteiger partial charge in [-0.1, -0.05) is 12.1 Å². The van der Waals surface area contributed by atoms with Crippen LogP contribution in [0.25, 0.3) is 11.0 Å². The van der Waals surface area contributed by atoms with Crippen LogP contribution in [0.15, 0.2) is 35.1 Å². The zero-order valence-corrected chi connectivity index (χ0v) is 15.4. The minimum Gasteiger partial charge on any atom is -0.496 e. The average Bonchev–Trinajstić information content (AvgIpc) is 3.21. The van der Waals surface area contributed by atoms with E-state index in [4.69, 9.17) is 9.26 Å². The van der Waals surface area contributed by atoms with Gasteiger partial charge in [-0.3, -0.25) is 9.40 Å². The lowest BCUT2D eigenvalue weighted by Gasteiger charge is -2.31. The molecule has 1 aliphatic carbocycles. The van der Waals surface area contributed by atoms with Crippen molar-refractivity contribution < 1.29 is 17.7 Å². The summed E-state index contributed by atoms with van der Waals surface area (Å²) in [6.45, 7) is 2.59. The number of nitrogens with one attached hydrogen (secondary N) is 1. The Labute approximate surface area is 151 Å². The zero-order valence-electron chi connectivity index (χ0n) is 14.5. The Morgan fingerprint density at radius 3 is 2.85 bits per heavy atom. The van der Waals surface area contributed by atoms with Gasteiger partial charge < -0.3 is 9.26 Å². The van der Waals surface area contributed by atoms with Crippen LogP contribution in [0.4, 0.5) is 5.82 Å². The molecule has 0 saturated heterocycles. The van der Waals surface area contributed by atoms with Gasteiger partial charge in [-0.25, -0.2) is 8.42 Å². The third-order valence-electron chi connectivity index (χ3n) is 4.73. The molecule has 2 aromatic heterocycles. The van der Waals surface area contributed by atoms with Crippen LogP contribution in [0.1, 0.15) is 25.3 Å². The van der Waals surface area contributed by atoms with E-state index in [1.807, 2.05) is 31.3 Å². The number of hydrogen-bond acceptors (Lipinski definition) is 6. The standard InChI is InChI=1S/C17H20N4O4S/c1-11-6-13(7-11)26(22,23)20-17-16-14(24-2)8-12(9-15(16)25-19-17)10-21-5-3-4-18-21/h3-5,8-9,11,13H,6-7,10H2,1-2H3,(H,19,20). The molecule has 1 aliphatic rings. The second-order valence-corrected chi connectivity index (χ2v) is 8.71. The largest absolute Gasteiger partial charge is 0.496 e. The number of aromatic nitrogens is 3. The molecule has 0 radical (unpaired) electrons. The molecule has 0 aliphatic heterocycles. The highest BCUT2D eigenvalue weighted by atomic mass is 32.2. The molecule has 2 heterocycles. The monoisotopic (exact) mass is 376 g/mol. The molecule has 8 nitrogen and oxygen atoms in total. The number of ether oxygens (including phenoxy) is 1. The van der Waals surface area contributed by atoms with Crippen LogP contribution in [0, 0.1) is 5.92 Å². The lowest BCUT2D eigenvalue weighted by molar-refractivity contribution is 0.345. The predicted molar refractivity (Wildman–Crippen MR) is 96.6 cm³/mol. The number of fused-ring (bicyclic) bond motifs is 1. The lowest BCUT2D eigenvalue weighted by atomic mass is 9.87. The number of methoxy groups -OCH3 is 1. The van der Waals surface area contributed by atoms with Crippen LogP contribution in [-0.2, 0) is 16.6 Å². The molecule has 1 saturated carbocycles. The smallest absolute Gasteiger partial charge is 0.236 e. The van der Waals surface area contributed by atoms with Crippen molar-refractivity contribution in [2.45, 2.75) is 31.6 Å². The fourth-order valence-corrected chi connectivity index (χ4v) is 5.03. The summed E-state index contributed by atoms with van der Waals surface area (Å²) in [7, 11) is -1.96. The minimum atomic E-state index is -3.49. The van der Waals surface area contributed by atoms with Crippen LogP contribution in [-0.4, -0.2) is 35.7 Å². The number of sulfonamides is 1. The van der Waals surface area contributed by atoms with Crippen LogP contribution < -0.4 is 9.46 Å². The van der Waals surface area contributed by atoms with Crippen LogP contribution >= 0.6 is 0 Å².